The van der Waals surface area contributed by atoms with Crippen molar-refractivity contribution < 1.29 is 55.2 Å². The number of aliphatic hydroxyl groups is 1. The molecule has 0 amide bonds. The minimum atomic E-state index is -6.35. The van der Waals surface area contributed by atoms with Gasteiger partial charge in [0.05, 0.1) is 12.7 Å². The number of methoxy groups -OCH3 is 1. The Morgan fingerprint density at radius 1 is 1.00 bits per heavy atom. The van der Waals surface area contributed by atoms with Gasteiger partial charge in [0.15, 0.2) is 0 Å². The third-order valence-corrected chi connectivity index (χ3v) is 2.97. The SMILES string of the molecule is COc1cccc(C(=O)OCCOC(=O)C(O)(C(F)(F)F)C(F)(F)F)c1. The van der Waals surface area contributed by atoms with Crippen molar-refractivity contribution in [2.24, 2.45) is 0 Å². The molecule has 0 saturated heterocycles. The van der Waals surface area contributed by atoms with Crippen molar-refractivity contribution in [2.75, 3.05) is 20.3 Å². The summed E-state index contributed by atoms with van der Waals surface area (Å²) < 4.78 is 87.6. The summed E-state index contributed by atoms with van der Waals surface area (Å²) >= 11 is 0. The Morgan fingerprint density at radius 3 is 2.04 bits per heavy atom. The molecule has 1 N–H and O–H groups in total. The highest BCUT2D eigenvalue weighted by atomic mass is 19.4. The van der Waals surface area contributed by atoms with Gasteiger partial charge in [0.1, 0.15) is 19.0 Å². The van der Waals surface area contributed by atoms with E-state index in [-0.39, 0.29) is 5.56 Å². The number of hydrogen-bond acceptors (Lipinski definition) is 6. The average Bonchev–Trinajstić information content (AvgIpc) is 2.55. The molecule has 0 fully saturated rings. The van der Waals surface area contributed by atoms with Gasteiger partial charge in [-0.15, -0.1) is 0 Å². The molecule has 0 atom stereocenters. The predicted molar refractivity (Wildman–Crippen MR) is 71.3 cm³/mol. The van der Waals surface area contributed by atoms with Crippen LogP contribution in [-0.4, -0.2) is 55.3 Å². The van der Waals surface area contributed by atoms with E-state index in [1.165, 1.54) is 31.4 Å². The van der Waals surface area contributed by atoms with Gasteiger partial charge in [-0.2, -0.15) is 26.3 Å². The molecule has 0 saturated carbocycles. The monoisotopic (exact) mass is 390 g/mol. The van der Waals surface area contributed by atoms with E-state index in [0.29, 0.717) is 5.75 Å². The van der Waals surface area contributed by atoms with Crippen molar-refractivity contribution in [1.82, 2.24) is 0 Å². The number of carbonyl (C=O) groups is 2. The summed E-state index contributed by atoms with van der Waals surface area (Å²) in [5.74, 6) is -3.66. The van der Waals surface area contributed by atoms with Gasteiger partial charge < -0.3 is 19.3 Å². The van der Waals surface area contributed by atoms with E-state index in [1.807, 2.05) is 0 Å². The highest BCUT2D eigenvalue weighted by Gasteiger charge is 2.76. The standard InChI is InChI=1S/C14H12F6O6/c1-24-9-4-2-3-8(7-9)10(21)25-5-6-26-11(22)12(23,13(15,16)17)14(18,19)20/h2-4,7,23H,5-6H2,1H3. The number of alkyl halides is 6. The Balaban J connectivity index is 2.64. The molecule has 0 aliphatic carbocycles. The lowest BCUT2D eigenvalue weighted by molar-refractivity contribution is -0.357. The molecule has 0 aliphatic heterocycles. The van der Waals surface area contributed by atoms with Crippen LogP contribution in [0.15, 0.2) is 24.3 Å². The molecule has 1 aromatic rings. The van der Waals surface area contributed by atoms with Crippen molar-refractivity contribution >= 4 is 11.9 Å². The van der Waals surface area contributed by atoms with Crippen molar-refractivity contribution in [1.29, 1.82) is 0 Å². The molecule has 0 radical (unpaired) electrons. The maximum absolute atomic E-state index is 12.4. The van der Waals surface area contributed by atoms with E-state index in [9.17, 15) is 35.9 Å². The lowest BCUT2D eigenvalue weighted by Crippen LogP contribution is -2.63. The van der Waals surface area contributed by atoms with Crippen LogP contribution in [0.25, 0.3) is 0 Å². The number of hydrogen-bond donors (Lipinski definition) is 1. The first-order chi connectivity index (χ1) is 11.8. The molecule has 12 heteroatoms. The Hall–Kier alpha value is -2.50. The molecule has 0 heterocycles. The van der Waals surface area contributed by atoms with Gasteiger partial charge >= 0.3 is 29.9 Å². The molecule has 0 spiro atoms. The third-order valence-electron chi connectivity index (χ3n) is 2.97. The largest absolute Gasteiger partial charge is 0.497 e. The molecule has 1 aromatic carbocycles. The van der Waals surface area contributed by atoms with E-state index in [1.54, 1.807) is 0 Å². The van der Waals surface area contributed by atoms with Gasteiger partial charge in [-0.3, -0.25) is 0 Å². The number of ether oxygens (including phenoxy) is 3. The summed E-state index contributed by atoms with van der Waals surface area (Å²) in [6, 6.07) is 5.51. The first kappa shape index (κ1) is 21.5. The fraction of sp³-hybridized carbons (Fsp3) is 0.429. The second-order valence-corrected chi connectivity index (χ2v) is 4.71. The average molecular weight is 390 g/mol. The van der Waals surface area contributed by atoms with Crippen molar-refractivity contribution in [3.8, 4) is 5.75 Å². The quantitative estimate of drug-likeness (QED) is 0.456. The van der Waals surface area contributed by atoms with Gasteiger partial charge in [0, 0.05) is 0 Å². The van der Waals surface area contributed by atoms with Crippen molar-refractivity contribution in [3.05, 3.63) is 29.8 Å². The summed E-state index contributed by atoms with van der Waals surface area (Å²) in [5.41, 5.74) is -5.70. The zero-order valence-corrected chi connectivity index (χ0v) is 13.0. The van der Waals surface area contributed by atoms with Crippen LogP contribution in [0.5, 0.6) is 5.75 Å². The van der Waals surface area contributed by atoms with Crippen LogP contribution >= 0.6 is 0 Å². The minimum Gasteiger partial charge on any atom is -0.497 e. The van der Waals surface area contributed by atoms with E-state index in [4.69, 9.17) is 9.84 Å². The maximum atomic E-state index is 12.4. The molecular formula is C14H12F6O6. The zero-order valence-electron chi connectivity index (χ0n) is 13.0. The van der Waals surface area contributed by atoms with E-state index >= 15 is 0 Å². The molecule has 0 aromatic heterocycles. The zero-order chi connectivity index (χ0) is 20.2. The van der Waals surface area contributed by atoms with Gasteiger partial charge in [-0.1, -0.05) is 6.07 Å². The first-order valence-corrected chi connectivity index (χ1v) is 6.69. The molecule has 0 bridgehead atoms. The number of carbonyl (C=O) groups excluding carboxylic acids is 2. The summed E-state index contributed by atoms with van der Waals surface area (Å²) in [5, 5.41) is 8.75. The van der Waals surface area contributed by atoms with Crippen molar-refractivity contribution in [3.63, 3.8) is 0 Å². The van der Waals surface area contributed by atoms with Crippen LogP contribution in [0.1, 0.15) is 10.4 Å². The van der Waals surface area contributed by atoms with Crippen molar-refractivity contribution in [2.45, 2.75) is 18.0 Å². The molecule has 146 valence electrons. The smallest absolute Gasteiger partial charge is 0.437 e. The fourth-order valence-electron chi connectivity index (χ4n) is 1.60. The Labute approximate surface area is 142 Å². The van der Waals surface area contributed by atoms with Gasteiger partial charge in [0.25, 0.3) is 0 Å². The predicted octanol–water partition coefficient (Wildman–Crippen LogP) is 2.25. The number of esters is 2. The summed E-state index contributed by atoms with van der Waals surface area (Å²) in [6.45, 7) is -1.98. The molecule has 0 unspecified atom stereocenters. The lowest BCUT2D eigenvalue weighted by Gasteiger charge is -2.29. The van der Waals surface area contributed by atoms with Gasteiger partial charge in [-0.05, 0) is 18.2 Å². The number of rotatable bonds is 6. The van der Waals surface area contributed by atoms with Crippen LogP contribution in [0.4, 0.5) is 26.3 Å². The van der Waals surface area contributed by atoms with Gasteiger partial charge in [-0.25, -0.2) is 9.59 Å². The molecule has 26 heavy (non-hydrogen) atoms. The lowest BCUT2D eigenvalue weighted by atomic mass is 10.0. The second kappa shape index (κ2) is 7.81. The number of benzene rings is 1. The fourth-order valence-corrected chi connectivity index (χ4v) is 1.60. The Kier molecular flexibility index (Phi) is 6.47. The molecule has 0 aliphatic rings. The highest BCUT2D eigenvalue weighted by Crippen LogP contribution is 2.43. The molecule has 6 nitrogen and oxygen atoms in total. The van der Waals surface area contributed by atoms with Crippen LogP contribution in [0.2, 0.25) is 0 Å². The third kappa shape index (κ3) is 4.56. The molecule has 1 rings (SSSR count). The Morgan fingerprint density at radius 2 is 1.54 bits per heavy atom. The first-order valence-electron chi connectivity index (χ1n) is 6.69. The topological polar surface area (TPSA) is 82.1 Å². The summed E-state index contributed by atoms with van der Waals surface area (Å²) in [7, 11) is 1.33. The summed E-state index contributed by atoms with van der Waals surface area (Å²) in [6.07, 6.45) is -12.7. The van der Waals surface area contributed by atoms with Gasteiger partial charge in [0.2, 0.25) is 0 Å². The van der Waals surface area contributed by atoms with E-state index < -0.39 is 43.1 Å². The Bertz CT molecular complexity index is 640. The van der Waals surface area contributed by atoms with Crippen LogP contribution in [-0.2, 0) is 14.3 Å². The minimum absolute atomic E-state index is 0.0160. The maximum Gasteiger partial charge on any atom is 0.437 e. The normalized spacial score (nSPS) is 12.5. The van der Waals surface area contributed by atoms with Crippen LogP contribution in [0.3, 0.4) is 0 Å². The van der Waals surface area contributed by atoms with Crippen LogP contribution in [0, 0.1) is 0 Å². The second-order valence-electron chi connectivity index (χ2n) is 4.71. The highest BCUT2D eigenvalue weighted by molar-refractivity contribution is 5.89. The number of halogens is 6. The van der Waals surface area contributed by atoms with E-state index in [0.717, 1.165) is 0 Å². The van der Waals surface area contributed by atoms with Crippen LogP contribution < -0.4 is 4.74 Å². The van der Waals surface area contributed by atoms with E-state index in [2.05, 4.69) is 9.47 Å². The summed E-state index contributed by atoms with van der Waals surface area (Å²) in [4.78, 5) is 22.7. The molecular weight excluding hydrogens is 378 g/mol.